The van der Waals surface area contributed by atoms with Crippen LogP contribution in [0.4, 0.5) is 10.5 Å². The molecule has 2 rings (SSSR count). The molecule has 0 radical (unpaired) electrons. The molecular weight excluding hydrogens is 537 g/mol. The van der Waals surface area contributed by atoms with Crippen molar-refractivity contribution >= 4 is 47.6 Å². The van der Waals surface area contributed by atoms with Crippen molar-refractivity contribution in [3.8, 4) is 0 Å². The van der Waals surface area contributed by atoms with Gasteiger partial charge in [-0.05, 0) is 63.9 Å². The molecule has 0 aliphatic carbocycles. The Morgan fingerprint density at radius 3 is 2.39 bits per heavy atom. The molecule has 0 aliphatic rings. The van der Waals surface area contributed by atoms with E-state index in [1.54, 1.807) is 18.4 Å². The minimum absolute atomic E-state index is 0. The minimum atomic E-state index is -0.540. The van der Waals surface area contributed by atoms with Crippen LogP contribution in [-0.4, -0.2) is 43.2 Å². The van der Waals surface area contributed by atoms with Crippen molar-refractivity contribution in [2.24, 2.45) is 4.99 Å². The number of carbonyl (C=O) groups is 2. The molecular formula is C23H34IN5O4. The summed E-state index contributed by atoms with van der Waals surface area (Å²) in [5.41, 5.74) is 1.23. The van der Waals surface area contributed by atoms with Crippen molar-refractivity contribution in [3.05, 3.63) is 54.0 Å². The number of furan rings is 1. The standard InChI is InChI=1S/C23H33N5O4.HI/c1-5-24-21(27-16-20(29)26-15-19-7-6-14-31-19)25-13-12-17-8-10-18(11-9-17)28-22(30)32-23(2,3)4;/h6-11,14H,5,12-13,15-16H2,1-4H3,(H,26,29)(H,28,30)(H2,24,25,27);1H. The lowest BCUT2D eigenvalue weighted by Crippen LogP contribution is -2.39. The predicted molar refractivity (Wildman–Crippen MR) is 140 cm³/mol. The van der Waals surface area contributed by atoms with Crippen molar-refractivity contribution < 1.29 is 18.7 Å². The number of hydrogen-bond donors (Lipinski definition) is 4. The first kappa shape index (κ1) is 28.3. The molecule has 182 valence electrons. The van der Waals surface area contributed by atoms with Gasteiger partial charge in [-0.3, -0.25) is 10.1 Å². The van der Waals surface area contributed by atoms with Crippen LogP contribution < -0.4 is 21.3 Å². The second-order valence-corrected chi connectivity index (χ2v) is 8.05. The third-order valence-corrected chi connectivity index (χ3v) is 4.07. The van der Waals surface area contributed by atoms with Crippen molar-refractivity contribution in [1.82, 2.24) is 16.0 Å². The molecule has 33 heavy (non-hydrogen) atoms. The van der Waals surface area contributed by atoms with E-state index >= 15 is 0 Å². The van der Waals surface area contributed by atoms with Crippen molar-refractivity contribution in [2.45, 2.75) is 46.3 Å². The maximum Gasteiger partial charge on any atom is 0.412 e. The molecule has 9 nitrogen and oxygen atoms in total. The Bertz CT molecular complexity index is 877. The van der Waals surface area contributed by atoms with Gasteiger partial charge in [-0.2, -0.15) is 0 Å². The maximum atomic E-state index is 12.0. The van der Waals surface area contributed by atoms with Crippen LogP contribution in [0.25, 0.3) is 0 Å². The number of nitrogens with zero attached hydrogens (tertiary/aromatic N) is 1. The highest BCUT2D eigenvalue weighted by Gasteiger charge is 2.16. The number of benzene rings is 1. The van der Waals surface area contributed by atoms with E-state index in [2.05, 4.69) is 26.3 Å². The van der Waals surface area contributed by atoms with Crippen LogP contribution in [0.3, 0.4) is 0 Å². The summed E-state index contributed by atoms with van der Waals surface area (Å²) in [5, 5.41) is 11.8. The number of aliphatic imine (C=N–C) groups is 1. The van der Waals surface area contributed by atoms with Crippen LogP contribution in [-0.2, 0) is 22.5 Å². The zero-order valence-electron chi connectivity index (χ0n) is 19.6. The predicted octanol–water partition coefficient (Wildman–Crippen LogP) is 3.66. The lowest BCUT2D eigenvalue weighted by Gasteiger charge is -2.19. The molecule has 0 unspecified atom stereocenters. The number of ether oxygens (including phenoxy) is 1. The van der Waals surface area contributed by atoms with E-state index in [4.69, 9.17) is 9.15 Å². The third kappa shape index (κ3) is 12.2. The number of nitrogens with one attached hydrogen (secondary N) is 4. The number of carbonyl (C=O) groups excluding carboxylic acids is 2. The molecule has 1 heterocycles. The summed E-state index contributed by atoms with van der Waals surface area (Å²) >= 11 is 0. The van der Waals surface area contributed by atoms with E-state index in [9.17, 15) is 9.59 Å². The third-order valence-electron chi connectivity index (χ3n) is 4.07. The van der Waals surface area contributed by atoms with E-state index < -0.39 is 11.7 Å². The molecule has 2 aromatic rings. The van der Waals surface area contributed by atoms with Crippen LogP contribution in [0, 0.1) is 0 Å². The number of amides is 2. The van der Waals surface area contributed by atoms with Crippen molar-refractivity contribution in [1.29, 1.82) is 0 Å². The summed E-state index contributed by atoms with van der Waals surface area (Å²) in [6, 6.07) is 11.1. The molecule has 0 saturated heterocycles. The fraction of sp³-hybridized carbons (Fsp3) is 0.435. The normalized spacial score (nSPS) is 11.2. The Labute approximate surface area is 212 Å². The van der Waals surface area contributed by atoms with E-state index in [0.29, 0.717) is 37.0 Å². The van der Waals surface area contributed by atoms with Crippen LogP contribution in [0.5, 0.6) is 0 Å². The summed E-state index contributed by atoms with van der Waals surface area (Å²) in [4.78, 5) is 28.1. The van der Waals surface area contributed by atoms with Gasteiger partial charge in [0, 0.05) is 18.8 Å². The Hall–Kier alpha value is -2.76. The van der Waals surface area contributed by atoms with Gasteiger partial charge in [-0.15, -0.1) is 24.0 Å². The molecule has 4 N–H and O–H groups in total. The van der Waals surface area contributed by atoms with Crippen LogP contribution in [0.15, 0.2) is 52.1 Å². The van der Waals surface area contributed by atoms with Gasteiger partial charge in [0.2, 0.25) is 5.91 Å². The fourth-order valence-corrected chi connectivity index (χ4v) is 2.65. The summed E-state index contributed by atoms with van der Waals surface area (Å²) in [5.74, 6) is 1.08. The highest BCUT2D eigenvalue weighted by molar-refractivity contribution is 14.0. The number of anilines is 1. The van der Waals surface area contributed by atoms with Crippen LogP contribution in [0.2, 0.25) is 0 Å². The van der Waals surface area contributed by atoms with E-state index in [-0.39, 0.29) is 36.4 Å². The Balaban J connectivity index is 0.00000544. The Morgan fingerprint density at radius 1 is 1.06 bits per heavy atom. The van der Waals surface area contributed by atoms with Gasteiger partial charge >= 0.3 is 6.09 Å². The fourth-order valence-electron chi connectivity index (χ4n) is 2.65. The lowest BCUT2D eigenvalue weighted by molar-refractivity contribution is -0.119. The second kappa shape index (κ2) is 14.4. The molecule has 2 amide bonds. The second-order valence-electron chi connectivity index (χ2n) is 8.05. The van der Waals surface area contributed by atoms with Gasteiger partial charge in [0.15, 0.2) is 5.96 Å². The zero-order valence-corrected chi connectivity index (χ0v) is 21.9. The van der Waals surface area contributed by atoms with Gasteiger partial charge in [-0.25, -0.2) is 9.79 Å². The molecule has 0 aliphatic heterocycles. The first-order valence-corrected chi connectivity index (χ1v) is 10.7. The number of hydrogen-bond acceptors (Lipinski definition) is 5. The largest absolute Gasteiger partial charge is 0.467 e. The zero-order chi connectivity index (χ0) is 23.4. The quantitative estimate of drug-likeness (QED) is 0.208. The first-order valence-electron chi connectivity index (χ1n) is 10.7. The Kier molecular flexibility index (Phi) is 12.3. The number of halogens is 1. The summed E-state index contributed by atoms with van der Waals surface area (Å²) in [6.45, 7) is 9.10. The highest BCUT2D eigenvalue weighted by Crippen LogP contribution is 2.13. The SMILES string of the molecule is CCNC(=NCC(=O)NCc1ccco1)NCCc1ccc(NC(=O)OC(C)(C)C)cc1.I. The van der Waals surface area contributed by atoms with Gasteiger partial charge in [0.05, 0.1) is 12.8 Å². The summed E-state index contributed by atoms with van der Waals surface area (Å²) < 4.78 is 10.4. The molecule has 0 saturated carbocycles. The van der Waals surface area contributed by atoms with E-state index in [1.165, 1.54) is 0 Å². The number of guanidine groups is 1. The monoisotopic (exact) mass is 571 g/mol. The molecule has 10 heteroatoms. The smallest absolute Gasteiger partial charge is 0.412 e. The highest BCUT2D eigenvalue weighted by atomic mass is 127. The van der Waals surface area contributed by atoms with Crippen LogP contribution >= 0.6 is 24.0 Å². The molecule has 0 atom stereocenters. The van der Waals surface area contributed by atoms with Crippen molar-refractivity contribution in [2.75, 3.05) is 25.0 Å². The van der Waals surface area contributed by atoms with Crippen molar-refractivity contribution in [3.63, 3.8) is 0 Å². The molecule has 0 spiro atoms. The van der Waals surface area contributed by atoms with Crippen LogP contribution in [0.1, 0.15) is 39.0 Å². The lowest BCUT2D eigenvalue weighted by atomic mass is 10.1. The molecule has 0 fully saturated rings. The van der Waals surface area contributed by atoms with E-state index in [0.717, 1.165) is 12.0 Å². The first-order chi connectivity index (χ1) is 15.2. The maximum absolute atomic E-state index is 12.0. The van der Waals surface area contributed by atoms with Gasteiger partial charge in [0.25, 0.3) is 0 Å². The van der Waals surface area contributed by atoms with Gasteiger partial charge in [-0.1, -0.05) is 12.1 Å². The molecule has 0 bridgehead atoms. The average Bonchev–Trinajstić information content (AvgIpc) is 3.24. The summed E-state index contributed by atoms with van der Waals surface area (Å²) in [7, 11) is 0. The van der Waals surface area contributed by atoms with Gasteiger partial charge < -0.3 is 25.1 Å². The average molecular weight is 571 g/mol. The Morgan fingerprint density at radius 2 is 1.79 bits per heavy atom. The van der Waals surface area contributed by atoms with Gasteiger partial charge in [0.1, 0.15) is 17.9 Å². The summed E-state index contributed by atoms with van der Waals surface area (Å²) in [6.07, 6.45) is 1.84. The topological polar surface area (TPSA) is 117 Å². The minimum Gasteiger partial charge on any atom is -0.467 e. The molecule has 1 aromatic carbocycles. The number of rotatable bonds is 9. The molecule has 1 aromatic heterocycles. The van der Waals surface area contributed by atoms with E-state index in [1.807, 2.05) is 52.0 Å².